The lowest BCUT2D eigenvalue weighted by atomic mass is 9.76. The summed E-state index contributed by atoms with van der Waals surface area (Å²) in [4.78, 5) is 24.6. The lowest BCUT2D eigenvalue weighted by molar-refractivity contribution is -0.150. The van der Waals surface area contributed by atoms with Crippen LogP contribution >= 0.6 is 7.82 Å². The van der Waals surface area contributed by atoms with Gasteiger partial charge in [0.15, 0.2) is 0 Å². The van der Waals surface area contributed by atoms with Crippen molar-refractivity contribution in [2.45, 2.75) is 64.6 Å². The highest BCUT2D eigenvalue weighted by atomic mass is 31.2. The van der Waals surface area contributed by atoms with Crippen molar-refractivity contribution in [3.8, 4) is 0 Å². The molecule has 0 saturated carbocycles. The van der Waals surface area contributed by atoms with Gasteiger partial charge in [-0.25, -0.2) is 4.57 Å². The molecule has 2 rings (SSSR count). The molecule has 0 aromatic carbocycles. The van der Waals surface area contributed by atoms with Crippen molar-refractivity contribution in [1.29, 1.82) is 0 Å². The van der Waals surface area contributed by atoms with E-state index in [-0.39, 0.29) is 49.7 Å². The molecule has 0 N–H and O–H groups in total. The highest BCUT2D eigenvalue weighted by molar-refractivity contribution is 7.48. The molecule has 4 unspecified atom stereocenters. The van der Waals surface area contributed by atoms with Gasteiger partial charge in [0, 0.05) is 6.42 Å². The summed E-state index contributed by atoms with van der Waals surface area (Å²) in [5, 5.41) is 0. The van der Waals surface area contributed by atoms with Gasteiger partial charge in [-0.15, -0.1) is 0 Å². The van der Waals surface area contributed by atoms with E-state index in [0.717, 1.165) is 19.3 Å². The molecule has 2 fully saturated rings. The molecule has 2 aliphatic rings. The van der Waals surface area contributed by atoms with E-state index in [2.05, 4.69) is 0 Å². The summed E-state index contributed by atoms with van der Waals surface area (Å²) < 4.78 is 38.2. The maximum absolute atomic E-state index is 12.6. The van der Waals surface area contributed by atoms with Crippen molar-refractivity contribution < 1.29 is 37.2 Å². The first-order valence-electron chi connectivity index (χ1n) is 9.75. The minimum absolute atomic E-state index is 0.0628. The molecule has 0 radical (unpaired) electrons. The van der Waals surface area contributed by atoms with E-state index >= 15 is 0 Å². The molecule has 4 atom stereocenters. The van der Waals surface area contributed by atoms with Gasteiger partial charge in [0.1, 0.15) is 5.78 Å². The van der Waals surface area contributed by atoms with Crippen LogP contribution in [-0.4, -0.2) is 50.9 Å². The molecule has 0 spiro atoms. The zero-order chi connectivity index (χ0) is 19.9. The molecule has 27 heavy (non-hydrogen) atoms. The highest BCUT2D eigenvalue weighted by Gasteiger charge is 2.55. The Hall–Kier alpha value is -0.790. The number of ketones is 1. The third-order valence-electron chi connectivity index (χ3n) is 5.01. The number of methoxy groups -OCH3 is 1. The van der Waals surface area contributed by atoms with Crippen LogP contribution in [0.1, 0.15) is 52.4 Å². The molecule has 2 aliphatic heterocycles. The fourth-order valence-electron chi connectivity index (χ4n) is 3.87. The number of phosphoric acid groups is 1. The maximum atomic E-state index is 12.6. The zero-order valence-corrected chi connectivity index (χ0v) is 17.3. The van der Waals surface area contributed by atoms with Gasteiger partial charge in [-0.3, -0.25) is 23.2 Å². The van der Waals surface area contributed by atoms with Crippen molar-refractivity contribution in [1.82, 2.24) is 0 Å². The minimum atomic E-state index is -3.47. The lowest BCUT2D eigenvalue weighted by Crippen LogP contribution is -2.38. The Morgan fingerprint density at radius 1 is 0.963 bits per heavy atom. The van der Waals surface area contributed by atoms with Crippen LogP contribution in [0.3, 0.4) is 0 Å². The van der Waals surface area contributed by atoms with Gasteiger partial charge in [0.2, 0.25) is 0 Å². The molecule has 0 amide bonds. The van der Waals surface area contributed by atoms with Gasteiger partial charge in [-0.2, -0.15) is 0 Å². The third kappa shape index (κ3) is 5.84. The monoisotopic (exact) mass is 406 g/mol. The average Bonchev–Trinajstić information content (AvgIpc) is 3.25. The van der Waals surface area contributed by atoms with Crippen LogP contribution in [0.25, 0.3) is 0 Å². The fraction of sp³-hybridized carbons (Fsp3) is 0.889. The second-order valence-corrected chi connectivity index (χ2v) is 8.43. The summed E-state index contributed by atoms with van der Waals surface area (Å²) >= 11 is 0. The predicted molar refractivity (Wildman–Crippen MR) is 97.2 cm³/mol. The van der Waals surface area contributed by atoms with E-state index in [1.165, 1.54) is 7.11 Å². The van der Waals surface area contributed by atoms with Crippen LogP contribution in [-0.2, 0) is 37.2 Å². The zero-order valence-electron chi connectivity index (χ0n) is 16.4. The SMILES string of the molecule is CCOP(=O)(OCC)OCCCCCC(=O)C1C2CCC(O2)C1C(=O)OC. The molecule has 2 heterocycles. The molecule has 2 bridgehead atoms. The minimum Gasteiger partial charge on any atom is -0.469 e. The van der Waals surface area contributed by atoms with Crippen LogP contribution in [0.5, 0.6) is 0 Å². The maximum Gasteiger partial charge on any atom is 0.474 e. The largest absolute Gasteiger partial charge is 0.474 e. The van der Waals surface area contributed by atoms with Crippen LogP contribution in [0, 0.1) is 11.8 Å². The smallest absolute Gasteiger partial charge is 0.469 e. The number of carbonyl (C=O) groups excluding carboxylic acids is 2. The van der Waals surface area contributed by atoms with E-state index in [1.54, 1.807) is 13.8 Å². The molecule has 8 nitrogen and oxygen atoms in total. The summed E-state index contributed by atoms with van der Waals surface area (Å²) in [7, 11) is -2.12. The summed E-state index contributed by atoms with van der Waals surface area (Å²) in [5.74, 6) is -1.14. The molecule has 9 heteroatoms. The Balaban J connectivity index is 1.70. The van der Waals surface area contributed by atoms with Gasteiger partial charge in [-0.05, 0) is 39.5 Å². The number of hydrogen-bond acceptors (Lipinski definition) is 8. The lowest BCUT2D eigenvalue weighted by Gasteiger charge is -2.24. The Morgan fingerprint density at radius 2 is 1.59 bits per heavy atom. The first kappa shape index (κ1) is 22.5. The number of carbonyl (C=O) groups is 2. The Kier molecular flexibility index (Phi) is 8.89. The Bertz CT molecular complexity index is 541. The van der Waals surface area contributed by atoms with E-state index in [9.17, 15) is 14.2 Å². The molecule has 2 saturated heterocycles. The van der Waals surface area contributed by atoms with E-state index in [0.29, 0.717) is 19.3 Å². The summed E-state index contributed by atoms with van der Waals surface area (Å²) in [5.41, 5.74) is 0. The van der Waals surface area contributed by atoms with Gasteiger partial charge in [-0.1, -0.05) is 6.42 Å². The molecule has 0 aromatic rings. The number of fused-ring (bicyclic) bond motifs is 2. The van der Waals surface area contributed by atoms with Crippen LogP contribution in [0.4, 0.5) is 0 Å². The molecule has 0 aliphatic carbocycles. The van der Waals surface area contributed by atoms with Gasteiger partial charge in [0.05, 0.1) is 51.0 Å². The normalized spacial score (nSPS) is 27.1. The molecular weight excluding hydrogens is 375 g/mol. The quantitative estimate of drug-likeness (QED) is 0.261. The van der Waals surface area contributed by atoms with Gasteiger partial charge in [0.25, 0.3) is 0 Å². The van der Waals surface area contributed by atoms with Crippen molar-refractivity contribution in [3.63, 3.8) is 0 Å². The molecular formula is C18H31O8P. The Morgan fingerprint density at radius 3 is 2.19 bits per heavy atom. The number of ether oxygens (including phenoxy) is 2. The van der Waals surface area contributed by atoms with Gasteiger partial charge < -0.3 is 9.47 Å². The topological polar surface area (TPSA) is 97.4 Å². The third-order valence-corrected chi connectivity index (χ3v) is 6.66. The standard InChI is InChI=1S/C18H31O8P/c1-4-23-27(21,24-5-2)25-12-8-6-7-9-13(19)16-14-10-11-15(26-14)17(16)18(20)22-3/h14-17H,4-12H2,1-3H3. The van der Waals surface area contributed by atoms with Crippen molar-refractivity contribution in [3.05, 3.63) is 0 Å². The van der Waals surface area contributed by atoms with Crippen molar-refractivity contribution in [2.75, 3.05) is 26.9 Å². The van der Waals surface area contributed by atoms with Crippen molar-refractivity contribution in [2.24, 2.45) is 11.8 Å². The highest BCUT2D eigenvalue weighted by Crippen LogP contribution is 2.49. The molecule has 0 aromatic heterocycles. The van der Waals surface area contributed by atoms with E-state index in [1.807, 2.05) is 0 Å². The summed E-state index contributed by atoms with van der Waals surface area (Å²) in [6, 6.07) is 0. The number of esters is 1. The average molecular weight is 406 g/mol. The number of Topliss-reactive ketones (excluding diaryl/α,β-unsaturated/α-hetero) is 1. The van der Waals surface area contributed by atoms with Crippen molar-refractivity contribution >= 4 is 19.6 Å². The van der Waals surface area contributed by atoms with Gasteiger partial charge >= 0.3 is 13.8 Å². The second-order valence-electron chi connectivity index (χ2n) is 6.76. The van der Waals surface area contributed by atoms with Crippen LogP contribution < -0.4 is 0 Å². The second kappa shape index (κ2) is 10.7. The predicted octanol–water partition coefficient (Wildman–Crippen LogP) is 3.28. The van der Waals surface area contributed by atoms with Crippen LogP contribution in [0.2, 0.25) is 0 Å². The number of phosphoric ester groups is 1. The molecule has 156 valence electrons. The number of rotatable bonds is 13. The fourth-order valence-corrected chi connectivity index (χ4v) is 5.08. The first-order chi connectivity index (χ1) is 13.0. The number of unbranched alkanes of at least 4 members (excludes halogenated alkanes) is 2. The van der Waals surface area contributed by atoms with E-state index in [4.69, 9.17) is 23.0 Å². The van der Waals surface area contributed by atoms with E-state index < -0.39 is 13.7 Å². The Labute approximate surface area is 160 Å². The van der Waals surface area contributed by atoms with Crippen LogP contribution in [0.15, 0.2) is 0 Å². The number of hydrogen-bond donors (Lipinski definition) is 0. The summed E-state index contributed by atoms with van der Waals surface area (Å²) in [6.45, 7) is 4.19. The summed E-state index contributed by atoms with van der Waals surface area (Å²) in [6.07, 6.45) is 3.75. The first-order valence-corrected chi connectivity index (χ1v) is 11.2.